The summed E-state index contributed by atoms with van der Waals surface area (Å²) in [5.41, 5.74) is -0.687. The molecule has 0 spiro atoms. The minimum Gasteiger partial charge on any atom is -0.285 e. The van der Waals surface area contributed by atoms with Crippen molar-refractivity contribution >= 4 is 11.9 Å². The second kappa shape index (κ2) is 6.44. The van der Waals surface area contributed by atoms with Gasteiger partial charge in [-0.15, -0.1) is 0 Å². The molecule has 0 aliphatic carbocycles. The molecule has 0 aromatic carbocycles. The zero-order chi connectivity index (χ0) is 12.8. The van der Waals surface area contributed by atoms with Crippen LogP contribution < -0.4 is 0 Å². The Hall–Kier alpha value is -1.14. The van der Waals surface area contributed by atoms with Gasteiger partial charge in [-0.1, -0.05) is 6.92 Å². The van der Waals surface area contributed by atoms with Crippen molar-refractivity contribution in [3.8, 4) is 0 Å². The van der Waals surface area contributed by atoms with Crippen LogP contribution in [-0.4, -0.2) is 23.6 Å². The molecule has 16 heavy (non-hydrogen) atoms. The van der Waals surface area contributed by atoms with Gasteiger partial charge in [0.1, 0.15) is 11.7 Å². The first-order valence-electron chi connectivity index (χ1n) is 5.03. The molecule has 1 unspecified atom stereocenters. The largest absolute Gasteiger partial charge is 0.453 e. The molecule has 0 aromatic heterocycles. The molecule has 0 N–H and O–H groups in total. The molecule has 0 heterocycles. The van der Waals surface area contributed by atoms with Gasteiger partial charge in [0.25, 0.3) is 0 Å². The quantitative estimate of drug-likeness (QED) is 0.417. The lowest BCUT2D eigenvalue weighted by Crippen LogP contribution is -2.27. The van der Waals surface area contributed by atoms with Crippen LogP contribution in [-0.2, 0) is 29.1 Å². The van der Waals surface area contributed by atoms with Crippen LogP contribution in [0.3, 0.4) is 0 Å². The molecular formula is C10H18O6. The van der Waals surface area contributed by atoms with Gasteiger partial charge in [0, 0.05) is 0 Å². The van der Waals surface area contributed by atoms with E-state index in [0.717, 1.165) is 0 Å². The molecule has 0 saturated carbocycles. The second-order valence-corrected chi connectivity index (χ2v) is 4.25. The first kappa shape index (κ1) is 14.9. The van der Waals surface area contributed by atoms with E-state index in [2.05, 4.69) is 19.6 Å². The van der Waals surface area contributed by atoms with Crippen LogP contribution in [0.25, 0.3) is 0 Å². The number of rotatable bonds is 4. The van der Waals surface area contributed by atoms with E-state index in [1.165, 1.54) is 0 Å². The molecule has 6 nitrogen and oxygen atoms in total. The highest BCUT2D eigenvalue weighted by Crippen LogP contribution is 2.07. The molecule has 0 rings (SSSR count). The summed E-state index contributed by atoms with van der Waals surface area (Å²) in [4.78, 5) is 39.7. The predicted molar refractivity (Wildman–Crippen MR) is 53.9 cm³/mol. The van der Waals surface area contributed by atoms with Crippen LogP contribution >= 0.6 is 0 Å². The number of hydrogen-bond donors (Lipinski definition) is 0. The summed E-state index contributed by atoms with van der Waals surface area (Å²) in [6.07, 6.45) is 0.376. The van der Waals surface area contributed by atoms with E-state index in [0.29, 0.717) is 6.42 Å². The van der Waals surface area contributed by atoms with Crippen molar-refractivity contribution < 1.29 is 29.1 Å². The molecule has 0 bridgehead atoms. The van der Waals surface area contributed by atoms with Crippen molar-refractivity contribution in [1.82, 2.24) is 0 Å². The summed E-state index contributed by atoms with van der Waals surface area (Å²) in [6.45, 7) is 8.55. The van der Waals surface area contributed by atoms with E-state index in [1.54, 1.807) is 27.7 Å². The molecule has 0 aliphatic rings. The zero-order valence-electron chi connectivity index (χ0n) is 10.2. The van der Waals surface area contributed by atoms with Gasteiger partial charge in [-0.25, -0.2) is 9.59 Å². The summed E-state index contributed by atoms with van der Waals surface area (Å²) in [6, 6.07) is 0. The smallest absolute Gasteiger partial charge is 0.285 e. The molecule has 0 aromatic rings. The lowest BCUT2D eigenvalue weighted by molar-refractivity contribution is -0.331. The molecular weight excluding hydrogens is 216 g/mol. The predicted octanol–water partition coefficient (Wildman–Crippen LogP) is 1.53. The van der Waals surface area contributed by atoms with Gasteiger partial charge < -0.3 is 0 Å². The lowest BCUT2D eigenvalue weighted by atomic mass is 10.2. The molecule has 0 radical (unpaired) electrons. The fraction of sp³-hybridized carbons (Fsp3) is 0.800. The maximum atomic E-state index is 11.0. The summed E-state index contributed by atoms with van der Waals surface area (Å²) < 4.78 is 0. The van der Waals surface area contributed by atoms with Crippen molar-refractivity contribution in [2.24, 2.45) is 0 Å². The highest BCUT2D eigenvalue weighted by Gasteiger charge is 2.24. The first-order chi connectivity index (χ1) is 7.26. The van der Waals surface area contributed by atoms with E-state index < -0.39 is 17.5 Å². The normalized spacial score (nSPS) is 13.1. The Morgan fingerprint density at radius 1 is 1.12 bits per heavy atom. The topological polar surface area (TPSA) is 71.1 Å². The summed E-state index contributed by atoms with van der Waals surface area (Å²) >= 11 is 0. The summed E-state index contributed by atoms with van der Waals surface area (Å²) in [5.74, 6) is -2.50. The van der Waals surface area contributed by atoms with Gasteiger partial charge in [-0.05, 0) is 34.1 Å². The molecule has 0 saturated heterocycles. The van der Waals surface area contributed by atoms with E-state index in [1.807, 2.05) is 6.92 Å². The van der Waals surface area contributed by atoms with Crippen LogP contribution in [0, 0.1) is 0 Å². The number of carbonyl (C=O) groups is 2. The standard InChI is InChI=1S/C10H18O6/c1-6-7(2)13-14-8(11)9(12)15-16-10(3,4)5/h7H,6H2,1-5H3. The zero-order valence-corrected chi connectivity index (χ0v) is 10.2. The van der Waals surface area contributed by atoms with Crippen molar-refractivity contribution in [2.45, 2.75) is 52.7 Å². The molecule has 0 fully saturated rings. The molecule has 94 valence electrons. The Morgan fingerprint density at radius 3 is 2.06 bits per heavy atom. The molecule has 1 atom stereocenters. The monoisotopic (exact) mass is 234 g/mol. The van der Waals surface area contributed by atoms with E-state index >= 15 is 0 Å². The van der Waals surface area contributed by atoms with Gasteiger partial charge in [-0.3, -0.25) is 9.78 Å². The average Bonchev–Trinajstić information content (AvgIpc) is 2.20. The highest BCUT2D eigenvalue weighted by molar-refractivity contribution is 6.29. The SMILES string of the molecule is CCC(C)OOC(=O)C(=O)OOC(C)(C)C. The fourth-order valence-corrected chi connectivity index (χ4v) is 0.425. The van der Waals surface area contributed by atoms with Gasteiger partial charge in [0.15, 0.2) is 0 Å². The van der Waals surface area contributed by atoms with Crippen molar-refractivity contribution in [1.29, 1.82) is 0 Å². The summed E-state index contributed by atoms with van der Waals surface area (Å²) in [5, 5.41) is 0. The average molecular weight is 234 g/mol. The second-order valence-electron chi connectivity index (χ2n) is 4.25. The fourth-order valence-electron chi connectivity index (χ4n) is 0.425. The molecule has 6 heteroatoms. The van der Waals surface area contributed by atoms with Crippen LogP contribution in [0.15, 0.2) is 0 Å². The molecule has 0 amide bonds. The Balaban J connectivity index is 3.87. The van der Waals surface area contributed by atoms with Gasteiger partial charge in [0.05, 0.1) is 0 Å². The Morgan fingerprint density at radius 2 is 1.62 bits per heavy atom. The van der Waals surface area contributed by atoms with E-state index in [9.17, 15) is 9.59 Å². The summed E-state index contributed by atoms with van der Waals surface area (Å²) in [7, 11) is 0. The van der Waals surface area contributed by atoms with Gasteiger partial charge >= 0.3 is 11.9 Å². The minimum atomic E-state index is -1.25. The van der Waals surface area contributed by atoms with Gasteiger partial charge in [-0.2, -0.15) is 9.78 Å². The van der Waals surface area contributed by atoms with Crippen LogP contribution in [0.5, 0.6) is 0 Å². The third-order valence-corrected chi connectivity index (χ3v) is 1.40. The maximum absolute atomic E-state index is 11.0. The number of hydrogen-bond acceptors (Lipinski definition) is 6. The van der Waals surface area contributed by atoms with Crippen molar-refractivity contribution in [2.75, 3.05) is 0 Å². The van der Waals surface area contributed by atoms with Gasteiger partial charge in [0.2, 0.25) is 0 Å². The third kappa shape index (κ3) is 7.19. The van der Waals surface area contributed by atoms with E-state index in [4.69, 9.17) is 0 Å². The van der Waals surface area contributed by atoms with Crippen molar-refractivity contribution in [3.63, 3.8) is 0 Å². The first-order valence-corrected chi connectivity index (χ1v) is 5.03. The lowest BCUT2D eigenvalue weighted by Gasteiger charge is -2.16. The Bertz CT molecular complexity index is 242. The van der Waals surface area contributed by atoms with Crippen LogP contribution in [0.1, 0.15) is 41.0 Å². The van der Waals surface area contributed by atoms with Crippen LogP contribution in [0.2, 0.25) is 0 Å². The van der Waals surface area contributed by atoms with Crippen molar-refractivity contribution in [3.05, 3.63) is 0 Å². The minimum absolute atomic E-state index is 0.278. The third-order valence-electron chi connectivity index (χ3n) is 1.40. The number of carbonyl (C=O) groups excluding carboxylic acids is 2. The molecule has 0 aliphatic heterocycles. The van der Waals surface area contributed by atoms with Crippen LogP contribution in [0.4, 0.5) is 0 Å². The maximum Gasteiger partial charge on any atom is 0.453 e. The van der Waals surface area contributed by atoms with E-state index in [-0.39, 0.29) is 6.10 Å². The Labute approximate surface area is 94.7 Å². The highest BCUT2D eigenvalue weighted by atomic mass is 17.2. The Kier molecular flexibility index (Phi) is 5.98.